The Morgan fingerprint density at radius 2 is 0.833 bits per heavy atom. The van der Waals surface area contributed by atoms with E-state index >= 15 is 0 Å². The Balaban J connectivity index is -0.0000000579. The van der Waals surface area contributed by atoms with Gasteiger partial charge in [0.25, 0.3) is 0 Å². The first-order chi connectivity index (χ1) is 9.54. The monoisotopic (exact) mass is 489 g/mol. The van der Waals surface area contributed by atoms with Crippen molar-refractivity contribution in [3.63, 3.8) is 0 Å². The standard InChI is InChI=1S/2C8H16O2.3ClH.Mo/c2*1-2-3-4-5-6-7-8(9)10;;;;/h2*2-7H2,1H3,(H,9,10);3*1H;/q;;;;;+5/p-5. The molecule has 0 aliphatic heterocycles. The van der Waals surface area contributed by atoms with E-state index in [-0.39, 0.29) is 71.1 Å². The van der Waals surface area contributed by atoms with Crippen molar-refractivity contribution in [3.05, 3.63) is 0 Å². The summed E-state index contributed by atoms with van der Waals surface area (Å²) in [7, 11) is 0. The molecule has 0 aliphatic carbocycles. The molecule has 0 saturated carbocycles. The molecule has 0 aromatic rings. The second kappa shape index (κ2) is 34.8. The fourth-order valence-corrected chi connectivity index (χ4v) is 1.75. The predicted octanol–water partition coefficient (Wildman–Crippen LogP) is -6.80. The number of carbonyl (C=O) groups excluding carboxylic acids is 2. The van der Waals surface area contributed by atoms with E-state index in [2.05, 4.69) is 13.8 Å². The van der Waals surface area contributed by atoms with Crippen LogP contribution in [0.15, 0.2) is 0 Å². The molecule has 0 heterocycles. The van der Waals surface area contributed by atoms with Crippen LogP contribution in [0.25, 0.3) is 0 Å². The summed E-state index contributed by atoms with van der Waals surface area (Å²) in [4.78, 5) is 19.8. The van der Waals surface area contributed by atoms with Gasteiger partial charge in [-0.1, -0.05) is 65.2 Å². The molecule has 0 N–H and O–H groups in total. The summed E-state index contributed by atoms with van der Waals surface area (Å²) in [5, 5.41) is 19.8. The molecule has 0 aliphatic rings. The summed E-state index contributed by atoms with van der Waals surface area (Å²) >= 11 is 0. The Kier molecular flexibility index (Phi) is 57.3. The van der Waals surface area contributed by atoms with Crippen LogP contribution in [-0.2, 0) is 30.7 Å². The summed E-state index contributed by atoms with van der Waals surface area (Å²) in [5.74, 6) is -1.84. The minimum Gasteiger partial charge on any atom is -1.00 e. The Morgan fingerprint density at radius 3 is 1.04 bits per heavy atom. The van der Waals surface area contributed by atoms with Gasteiger partial charge < -0.3 is 57.0 Å². The fraction of sp³-hybridized carbons (Fsp3) is 0.875. The van der Waals surface area contributed by atoms with Crippen LogP contribution in [0.3, 0.4) is 0 Å². The third-order valence-corrected chi connectivity index (χ3v) is 2.97. The van der Waals surface area contributed by atoms with Gasteiger partial charge in [0.2, 0.25) is 0 Å². The molecule has 0 saturated heterocycles. The van der Waals surface area contributed by atoms with Crippen LogP contribution in [0, 0.1) is 0 Å². The van der Waals surface area contributed by atoms with Crippen LogP contribution in [0.5, 0.6) is 0 Å². The van der Waals surface area contributed by atoms with Gasteiger partial charge in [0, 0.05) is 11.9 Å². The predicted molar refractivity (Wildman–Crippen MR) is 76.8 cm³/mol. The molecule has 24 heavy (non-hydrogen) atoms. The number of hydrogen-bond donors (Lipinski definition) is 0. The van der Waals surface area contributed by atoms with E-state index in [1.54, 1.807) is 0 Å². The maximum absolute atomic E-state index is 9.92. The molecule has 4 nitrogen and oxygen atoms in total. The van der Waals surface area contributed by atoms with Gasteiger partial charge in [-0.05, 0) is 25.7 Å². The minimum atomic E-state index is -0.920. The van der Waals surface area contributed by atoms with Gasteiger partial charge in [-0.15, -0.1) is 0 Å². The molecule has 0 atom stereocenters. The average Bonchev–Trinajstić information content (AvgIpc) is 2.38. The number of hydrogen-bond acceptors (Lipinski definition) is 4. The molecular weight excluding hydrogens is 458 g/mol. The van der Waals surface area contributed by atoms with Gasteiger partial charge in [-0.2, -0.15) is 0 Å². The van der Waals surface area contributed by atoms with E-state index in [0.717, 1.165) is 38.5 Å². The SMILES string of the molecule is CCCCCCCC(=O)[O-].CCCCCCCC(=O)[O-].[Cl-].[Cl-].[Cl-].[Mo+5]. The van der Waals surface area contributed by atoms with E-state index in [1.165, 1.54) is 25.7 Å². The van der Waals surface area contributed by atoms with Gasteiger partial charge in [0.15, 0.2) is 0 Å². The van der Waals surface area contributed by atoms with Gasteiger partial charge in [-0.25, -0.2) is 0 Å². The fourth-order valence-electron chi connectivity index (χ4n) is 1.75. The zero-order valence-electron chi connectivity index (χ0n) is 14.7. The first kappa shape index (κ1) is 39.5. The van der Waals surface area contributed by atoms with Crippen molar-refractivity contribution in [1.29, 1.82) is 0 Å². The maximum atomic E-state index is 9.92. The van der Waals surface area contributed by atoms with Crippen molar-refractivity contribution in [3.8, 4) is 0 Å². The summed E-state index contributed by atoms with van der Waals surface area (Å²) in [6.07, 6.45) is 11.2. The largest absolute Gasteiger partial charge is 5.00 e. The van der Waals surface area contributed by atoms with Crippen LogP contribution in [-0.4, -0.2) is 11.9 Å². The number of carbonyl (C=O) groups is 2. The van der Waals surface area contributed by atoms with Crippen molar-refractivity contribution >= 4 is 11.9 Å². The average molecular weight is 489 g/mol. The van der Waals surface area contributed by atoms with E-state index in [1.807, 2.05) is 0 Å². The quantitative estimate of drug-likeness (QED) is 0.202. The Morgan fingerprint density at radius 1 is 0.583 bits per heavy atom. The molecule has 145 valence electrons. The Labute approximate surface area is 180 Å². The summed E-state index contributed by atoms with van der Waals surface area (Å²) in [5.41, 5.74) is 0. The molecule has 0 fully saturated rings. The Hall–Kier alpha value is 0.498. The van der Waals surface area contributed by atoms with Crippen LogP contribution < -0.4 is 47.4 Å². The molecule has 0 rings (SSSR count). The summed E-state index contributed by atoms with van der Waals surface area (Å²) in [6, 6.07) is 0. The van der Waals surface area contributed by atoms with Gasteiger partial charge in [0.1, 0.15) is 0 Å². The Bertz CT molecular complexity index is 221. The second-order valence-corrected chi connectivity index (χ2v) is 5.07. The molecule has 0 spiro atoms. The number of rotatable bonds is 12. The number of unbranched alkanes of at least 4 members (excludes halogenated alkanes) is 8. The molecule has 1 radical (unpaired) electrons. The number of halogens is 3. The molecule has 0 amide bonds. The molecule has 0 aromatic carbocycles. The van der Waals surface area contributed by atoms with E-state index in [0.29, 0.717) is 0 Å². The normalized spacial score (nSPS) is 8.08. The van der Waals surface area contributed by atoms with Crippen molar-refractivity contribution < 1.29 is 78.1 Å². The van der Waals surface area contributed by atoms with Crippen molar-refractivity contribution in [2.75, 3.05) is 0 Å². The summed E-state index contributed by atoms with van der Waals surface area (Å²) < 4.78 is 0. The molecule has 0 unspecified atom stereocenters. The number of carboxylic acids is 2. The van der Waals surface area contributed by atoms with Crippen LogP contribution in [0.1, 0.15) is 90.9 Å². The minimum absolute atomic E-state index is 0. The first-order valence-corrected chi connectivity index (χ1v) is 7.94. The maximum Gasteiger partial charge on any atom is 5.00 e. The van der Waals surface area contributed by atoms with Crippen molar-refractivity contribution in [2.45, 2.75) is 90.9 Å². The number of carboxylic acid groups (broad SMARTS) is 2. The zero-order valence-corrected chi connectivity index (χ0v) is 18.9. The molecular formula is C16H30Cl3MoO4. The van der Waals surface area contributed by atoms with Gasteiger partial charge >= 0.3 is 21.1 Å². The summed E-state index contributed by atoms with van der Waals surface area (Å²) in [6.45, 7) is 4.28. The van der Waals surface area contributed by atoms with Crippen LogP contribution in [0.4, 0.5) is 0 Å². The third-order valence-electron chi connectivity index (χ3n) is 2.97. The van der Waals surface area contributed by atoms with Crippen LogP contribution >= 0.6 is 0 Å². The van der Waals surface area contributed by atoms with Gasteiger partial charge in [0.05, 0.1) is 0 Å². The molecule has 8 heteroatoms. The van der Waals surface area contributed by atoms with E-state index < -0.39 is 11.9 Å². The van der Waals surface area contributed by atoms with E-state index in [9.17, 15) is 19.8 Å². The smallest absolute Gasteiger partial charge is 1.00 e. The van der Waals surface area contributed by atoms with E-state index in [4.69, 9.17) is 0 Å². The first-order valence-electron chi connectivity index (χ1n) is 7.94. The molecule has 0 bridgehead atoms. The third kappa shape index (κ3) is 49.5. The van der Waals surface area contributed by atoms with Gasteiger partial charge in [-0.3, -0.25) is 0 Å². The number of aliphatic carboxylic acids is 2. The zero-order chi connectivity index (χ0) is 15.6. The second-order valence-electron chi connectivity index (χ2n) is 5.07. The van der Waals surface area contributed by atoms with Crippen molar-refractivity contribution in [2.24, 2.45) is 0 Å². The van der Waals surface area contributed by atoms with Crippen LogP contribution in [0.2, 0.25) is 0 Å². The van der Waals surface area contributed by atoms with Crippen molar-refractivity contribution in [1.82, 2.24) is 0 Å². The molecule has 0 aromatic heterocycles. The topological polar surface area (TPSA) is 80.3 Å².